The summed E-state index contributed by atoms with van der Waals surface area (Å²) >= 11 is 0. The van der Waals surface area contributed by atoms with Crippen LogP contribution in [0.2, 0.25) is 0 Å². The second kappa shape index (κ2) is 6.54. The van der Waals surface area contributed by atoms with Crippen LogP contribution in [0.25, 0.3) is 11.4 Å². The summed E-state index contributed by atoms with van der Waals surface area (Å²) in [6, 6.07) is 8.19. The molecule has 2 heterocycles. The number of nitrogens with two attached hydrogens (primary N) is 1. The van der Waals surface area contributed by atoms with E-state index in [0.717, 1.165) is 60.1 Å². The molecule has 1 aromatic heterocycles. The minimum Gasteiger partial charge on any atom is -0.497 e. The van der Waals surface area contributed by atoms with Gasteiger partial charge in [0.05, 0.1) is 7.11 Å². The first-order valence-electron chi connectivity index (χ1n) is 8.08. The molecular formula is C18H24N4O. The number of nitrogens with zero attached hydrogens (tertiary/aromatic N) is 3. The van der Waals surface area contributed by atoms with E-state index < -0.39 is 0 Å². The number of hydrogen-bond acceptors (Lipinski definition) is 5. The number of rotatable bonds is 3. The van der Waals surface area contributed by atoms with E-state index in [1.54, 1.807) is 7.11 Å². The molecule has 0 atom stereocenters. The molecule has 5 nitrogen and oxygen atoms in total. The Bertz CT molecular complexity index is 676. The molecule has 3 rings (SSSR count). The van der Waals surface area contributed by atoms with E-state index in [4.69, 9.17) is 15.5 Å². The minimum atomic E-state index is 0.315. The van der Waals surface area contributed by atoms with Crippen LogP contribution in [0.1, 0.15) is 24.1 Å². The third kappa shape index (κ3) is 3.29. The Kier molecular flexibility index (Phi) is 4.48. The lowest BCUT2D eigenvalue weighted by atomic mass is 10.1. The highest BCUT2D eigenvalue weighted by molar-refractivity contribution is 5.61. The Hall–Kier alpha value is -2.14. The molecule has 122 valence electrons. The van der Waals surface area contributed by atoms with Gasteiger partial charge in [0.15, 0.2) is 5.82 Å². The zero-order valence-electron chi connectivity index (χ0n) is 14.0. The first-order chi connectivity index (χ1) is 11.1. The molecule has 0 spiro atoms. The molecule has 0 radical (unpaired) electrons. The summed E-state index contributed by atoms with van der Waals surface area (Å²) in [7, 11) is 1.67. The molecule has 23 heavy (non-hydrogen) atoms. The summed E-state index contributed by atoms with van der Waals surface area (Å²) in [5.41, 5.74) is 9.20. The van der Waals surface area contributed by atoms with Crippen LogP contribution < -0.4 is 15.4 Å². The van der Waals surface area contributed by atoms with Gasteiger partial charge in [-0.25, -0.2) is 9.97 Å². The van der Waals surface area contributed by atoms with Crippen LogP contribution in [0.5, 0.6) is 5.75 Å². The number of benzene rings is 1. The second-order valence-electron chi connectivity index (χ2n) is 6.13. The van der Waals surface area contributed by atoms with E-state index >= 15 is 0 Å². The predicted octanol–water partition coefficient (Wildman–Crippen LogP) is 2.70. The summed E-state index contributed by atoms with van der Waals surface area (Å²) in [5.74, 6) is 2.64. The topological polar surface area (TPSA) is 64.3 Å². The number of hydrogen-bond donors (Lipinski definition) is 1. The van der Waals surface area contributed by atoms with E-state index in [1.807, 2.05) is 31.2 Å². The van der Waals surface area contributed by atoms with E-state index in [-0.39, 0.29) is 0 Å². The third-order valence-corrected chi connectivity index (χ3v) is 4.55. The van der Waals surface area contributed by atoms with Gasteiger partial charge in [0.25, 0.3) is 0 Å². The maximum Gasteiger partial charge on any atom is 0.161 e. The third-order valence-electron chi connectivity index (χ3n) is 4.55. The van der Waals surface area contributed by atoms with Crippen molar-refractivity contribution < 1.29 is 4.74 Å². The van der Waals surface area contributed by atoms with Crippen molar-refractivity contribution in [2.24, 2.45) is 5.73 Å². The lowest BCUT2D eigenvalue weighted by molar-refractivity contribution is 0.415. The average molecular weight is 312 g/mol. The SMILES string of the molecule is COc1ccc(-c2nc(C)c(C)c(N3CCC(N)CC3)n2)cc1. The number of aromatic nitrogens is 2. The summed E-state index contributed by atoms with van der Waals surface area (Å²) in [6.07, 6.45) is 2.03. The van der Waals surface area contributed by atoms with Gasteiger partial charge in [-0.15, -0.1) is 0 Å². The van der Waals surface area contributed by atoms with Gasteiger partial charge in [0.1, 0.15) is 11.6 Å². The average Bonchev–Trinajstić information content (AvgIpc) is 2.58. The number of methoxy groups -OCH3 is 1. The van der Waals surface area contributed by atoms with Gasteiger partial charge in [-0.05, 0) is 51.0 Å². The van der Waals surface area contributed by atoms with Gasteiger partial charge in [-0.2, -0.15) is 0 Å². The zero-order valence-corrected chi connectivity index (χ0v) is 14.0. The fourth-order valence-electron chi connectivity index (χ4n) is 2.90. The van der Waals surface area contributed by atoms with Crippen molar-refractivity contribution in [2.75, 3.05) is 25.1 Å². The molecule has 1 fully saturated rings. The molecule has 0 saturated carbocycles. The Morgan fingerprint density at radius 3 is 2.35 bits per heavy atom. The molecule has 1 aliphatic heterocycles. The van der Waals surface area contributed by atoms with Gasteiger partial charge >= 0.3 is 0 Å². The number of anilines is 1. The minimum absolute atomic E-state index is 0.315. The van der Waals surface area contributed by atoms with Gasteiger partial charge in [-0.1, -0.05) is 0 Å². The van der Waals surface area contributed by atoms with Crippen molar-refractivity contribution in [1.29, 1.82) is 0 Å². The molecular weight excluding hydrogens is 288 g/mol. The Labute approximate surface area is 137 Å². The predicted molar refractivity (Wildman–Crippen MR) is 92.9 cm³/mol. The fourth-order valence-corrected chi connectivity index (χ4v) is 2.90. The van der Waals surface area contributed by atoms with Gasteiger partial charge in [0, 0.05) is 36.0 Å². The standard InChI is InChI=1S/C18H24N4O/c1-12-13(2)20-17(14-4-6-16(23-3)7-5-14)21-18(12)22-10-8-15(19)9-11-22/h4-7,15H,8-11,19H2,1-3H3. The first-order valence-corrected chi connectivity index (χ1v) is 8.08. The lowest BCUT2D eigenvalue weighted by Crippen LogP contribution is -2.40. The molecule has 1 saturated heterocycles. The van der Waals surface area contributed by atoms with E-state index in [2.05, 4.69) is 16.8 Å². The number of piperidine rings is 1. The molecule has 2 N–H and O–H groups in total. The van der Waals surface area contributed by atoms with Crippen LogP contribution in [0.15, 0.2) is 24.3 Å². The fraction of sp³-hybridized carbons (Fsp3) is 0.444. The quantitative estimate of drug-likeness (QED) is 0.944. The highest BCUT2D eigenvalue weighted by Gasteiger charge is 2.20. The monoisotopic (exact) mass is 312 g/mol. The van der Waals surface area contributed by atoms with Crippen LogP contribution in [0, 0.1) is 13.8 Å². The normalized spacial score (nSPS) is 15.7. The smallest absolute Gasteiger partial charge is 0.161 e. The van der Waals surface area contributed by atoms with Crippen molar-refractivity contribution >= 4 is 5.82 Å². The summed E-state index contributed by atoms with van der Waals surface area (Å²) in [4.78, 5) is 11.8. The molecule has 0 bridgehead atoms. The lowest BCUT2D eigenvalue weighted by Gasteiger charge is -2.32. The van der Waals surface area contributed by atoms with Crippen molar-refractivity contribution in [3.8, 4) is 17.1 Å². The highest BCUT2D eigenvalue weighted by atomic mass is 16.5. The van der Waals surface area contributed by atoms with Crippen LogP contribution in [0.3, 0.4) is 0 Å². The molecule has 1 aromatic carbocycles. The molecule has 0 aliphatic carbocycles. The zero-order chi connectivity index (χ0) is 16.4. The highest BCUT2D eigenvalue weighted by Crippen LogP contribution is 2.27. The largest absolute Gasteiger partial charge is 0.497 e. The number of aryl methyl sites for hydroxylation is 1. The van der Waals surface area contributed by atoms with Crippen LogP contribution in [0.4, 0.5) is 5.82 Å². The molecule has 1 aliphatic rings. The molecule has 0 unspecified atom stereocenters. The maximum atomic E-state index is 6.02. The second-order valence-corrected chi connectivity index (χ2v) is 6.13. The van der Waals surface area contributed by atoms with Crippen LogP contribution in [-0.2, 0) is 0 Å². The van der Waals surface area contributed by atoms with Crippen LogP contribution >= 0.6 is 0 Å². The van der Waals surface area contributed by atoms with Crippen molar-refractivity contribution in [3.05, 3.63) is 35.5 Å². The van der Waals surface area contributed by atoms with Crippen molar-refractivity contribution in [2.45, 2.75) is 32.7 Å². The van der Waals surface area contributed by atoms with E-state index in [1.165, 1.54) is 0 Å². The van der Waals surface area contributed by atoms with Crippen LogP contribution in [-0.4, -0.2) is 36.2 Å². The first kappa shape index (κ1) is 15.7. The Balaban J connectivity index is 1.95. The molecule has 2 aromatic rings. The molecule has 5 heteroatoms. The van der Waals surface area contributed by atoms with E-state index in [0.29, 0.717) is 6.04 Å². The van der Waals surface area contributed by atoms with Gasteiger partial charge < -0.3 is 15.4 Å². The van der Waals surface area contributed by atoms with Crippen molar-refractivity contribution in [1.82, 2.24) is 9.97 Å². The van der Waals surface area contributed by atoms with Gasteiger partial charge in [-0.3, -0.25) is 0 Å². The Morgan fingerprint density at radius 2 is 1.74 bits per heavy atom. The van der Waals surface area contributed by atoms with Crippen molar-refractivity contribution in [3.63, 3.8) is 0 Å². The Morgan fingerprint density at radius 1 is 1.09 bits per heavy atom. The van der Waals surface area contributed by atoms with Gasteiger partial charge in [0.2, 0.25) is 0 Å². The number of ether oxygens (including phenoxy) is 1. The molecule has 0 amide bonds. The maximum absolute atomic E-state index is 6.02. The summed E-state index contributed by atoms with van der Waals surface area (Å²) in [6.45, 7) is 6.06. The van der Waals surface area contributed by atoms with E-state index in [9.17, 15) is 0 Å². The summed E-state index contributed by atoms with van der Waals surface area (Å²) < 4.78 is 5.22. The summed E-state index contributed by atoms with van der Waals surface area (Å²) in [5, 5.41) is 0.